The van der Waals surface area contributed by atoms with Crippen molar-refractivity contribution in [3.05, 3.63) is 35.9 Å². The van der Waals surface area contributed by atoms with Gasteiger partial charge in [-0.1, -0.05) is 30.3 Å². The van der Waals surface area contributed by atoms with Gasteiger partial charge in [-0.2, -0.15) is 12.6 Å². The van der Waals surface area contributed by atoms with Crippen LogP contribution in [0.3, 0.4) is 0 Å². The smallest absolute Gasteiger partial charge is 0.243 e. The number of hydrogen-bond donors (Lipinski definition) is 3. The number of hydrogen-bond acceptors (Lipinski definition) is 3. The lowest BCUT2D eigenvalue weighted by atomic mass is 10.2. The second-order valence-corrected chi connectivity index (χ2v) is 3.59. The number of rotatable bonds is 6. The molecule has 2 amide bonds. The van der Waals surface area contributed by atoms with E-state index in [9.17, 15) is 9.59 Å². The molecule has 0 aliphatic carbocycles. The first kappa shape index (κ1) is 12.6. The van der Waals surface area contributed by atoms with Crippen LogP contribution in [0.5, 0.6) is 0 Å². The first-order valence-corrected chi connectivity index (χ1v) is 5.53. The highest BCUT2D eigenvalue weighted by atomic mass is 32.1. The first-order chi connectivity index (χ1) is 7.77. The summed E-state index contributed by atoms with van der Waals surface area (Å²) in [6.07, 6.45) is 0.503. The van der Waals surface area contributed by atoms with Crippen LogP contribution >= 0.6 is 12.6 Å². The van der Waals surface area contributed by atoms with Crippen molar-refractivity contribution in [3.8, 4) is 0 Å². The topological polar surface area (TPSA) is 58.2 Å². The molecule has 0 bridgehead atoms. The molecule has 4 nitrogen and oxygen atoms in total. The van der Waals surface area contributed by atoms with E-state index in [2.05, 4.69) is 23.3 Å². The highest BCUT2D eigenvalue weighted by Crippen LogP contribution is 1.97. The minimum absolute atomic E-state index is 0.231. The van der Waals surface area contributed by atoms with Crippen LogP contribution in [0, 0.1) is 0 Å². The van der Waals surface area contributed by atoms with E-state index in [0.717, 1.165) is 5.56 Å². The van der Waals surface area contributed by atoms with Gasteiger partial charge in [-0.15, -0.1) is 0 Å². The van der Waals surface area contributed by atoms with Gasteiger partial charge in [-0.25, -0.2) is 0 Å². The number of nitrogens with one attached hydrogen (secondary N) is 2. The standard InChI is InChI=1S/C11H14N2O2S/c14-8-13-10(7-16)11(15)12-6-9-4-2-1-3-5-9/h1-5,8,10,16H,6-7H2,(H,12,15)(H,13,14)/t10-/m0/s1. The fraction of sp³-hybridized carbons (Fsp3) is 0.273. The van der Waals surface area contributed by atoms with Crippen molar-refractivity contribution in [2.45, 2.75) is 12.6 Å². The molecule has 86 valence electrons. The third-order valence-electron chi connectivity index (χ3n) is 2.08. The van der Waals surface area contributed by atoms with Crippen molar-refractivity contribution < 1.29 is 9.59 Å². The second kappa shape index (κ2) is 6.90. The summed E-state index contributed by atoms with van der Waals surface area (Å²) in [6, 6.07) is 8.98. The molecule has 0 aromatic heterocycles. The van der Waals surface area contributed by atoms with E-state index in [4.69, 9.17) is 0 Å². The predicted molar refractivity (Wildman–Crippen MR) is 65.1 cm³/mol. The summed E-state index contributed by atoms with van der Waals surface area (Å²) in [5.41, 5.74) is 1.01. The number of carbonyl (C=O) groups excluding carboxylic acids is 2. The fourth-order valence-corrected chi connectivity index (χ4v) is 1.47. The van der Waals surface area contributed by atoms with Crippen molar-refractivity contribution in [3.63, 3.8) is 0 Å². The Morgan fingerprint density at radius 1 is 1.38 bits per heavy atom. The van der Waals surface area contributed by atoms with Crippen LogP contribution in [0.4, 0.5) is 0 Å². The quantitative estimate of drug-likeness (QED) is 0.494. The van der Waals surface area contributed by atoms with Gasteiger partial charge in [0.15, 0.2) is 0 Å². The molecule has 0 fully saturated rings. The maximum absolute atomic E-state index is 11.6. The van der Waals surface area contributed by atoms with Gasteiger partial charge < -0.3 is 10.6 Å². The molecule has 0 saturated heterocycles. The molecule has 1 aromatic carbocycles. The summed E-state index contributed by atoms with van der Waals surface area (Å²) in [5.74, 6) is 0.0465. The summed E-state index contributed by atoms with van der Waals surface area (Å²) in [5, 5.41) is 5.12. The molecule has 0 radical (unpaired) electrons. The number of thiol groups is 1. The van der Waals surface area contributed by atoms with Gasteiger partial charge in [-0.3, -0.25) is 9.59 Å². The maximum Gasteiger partial charge on any atom is 0.243 e. The van der Waals surface area contributed by atoms with Gasteiger partial charge in [0.25, 0.3) is 0 Å². The lowest BCUT2D eigenvalue weighted by Crippen LogP contribution is -2.44. The number of amides is 2. The molecular formula is C11H14N2O2S. The zero-order valence-corrected chi connectivity index (χ0v) is 9.61. The molecule has 0 heterocycles. The molecule has 16 heavy (non-hydrogen) atoms. The Labute approximate surface area is 99.8 Å². The van der Waals surface area contributed by atoms with E-state index < -0.39 is 6.04 Å². The van der Waals surface area contributed by atoms with Crippen LogP contribution in [0.1, 0.15) is 5.56 Å². The van der Waals surface area contributed by atoms with Crippen LogP contribution in [-0.4, -0.2) is 24.1 Å². The van der Waals surface area contributed by atoms with E-state index in [1.54, 1.807) is 0 Å². The van der Waals surface area contributed by atoms with Gasteiger partial charge in [-0.05, 0) is 5.56 Å². The predicted octanol–water partition coefficient (Wildman–Crippen LogP) is 0.347. The van der Waals surface area contributed by atoms with Crippen molar-refractivity contribution in [1.29, 1.82) is 0 Å². The summed E-state index contributed by atoms with van der Waals surface area (Å²) >= 11 is 3.99. The summed E-state index contributed by atoms with van der Waals surface area (Å²) in [4.78, 5) is 21.8. The minimum Gasteiger partial charge on any atom is -0.350 e. The fourth-order valence-electron chi connectivity index (χ4n) is 1.20. The Morgan fingerprint density at radius 3 is 2.62 bits per heavy atom. The van der Waals surface area contributed by atoms with Crippen LogP contribution in [0.25, 0.3) is 0 Å². The summed E-state index contributed by atoms with van der Waals surface area (Å²) in [6.45, 7) is 0.449. The van der Waals surface area contributed by atoms with E-state index in [1.165, 1.54) is 0 Å². The Hall–Kier alpha value is -1.49. The van der Waals surface area contributed by atoms with Gasteiger partial charge in [0.05, 0.1) is 0 Å². The van der Waals surface area contributed by atoms with E-state index in [-0.39, 0.29) is 11.7 Å². The number of benzene rings is 1. The van der Waals surface area contributed by atoms with Gasteiger partial charge in [0.2, 0.25) is 12.3 Å². The molecule has 1 atom stereocenters. The van der Waals surface area contributed by atoms with E-state index in [0.29, 0.717) is 13.0 Å². The molecule has 1 aromatic rings. The van der Waals surface area contributed by atoms with Crippen molar-refractivity contribution in [2.24, 2.45) is 0 Å². The molecular weight excluding hydrogens is 224 g/mol. The largest absolute Gasteiger partial charge is 0.350 e. The molecule has 2 N–H and O–H groups in total. The third-order valence-corrected chi connectivity index (χ3v) is 2.44. The summed E-state index contributed by atoms with van der Waals surface area (Å²) < 4.78 is 0. The maximum atomic E-state index is 11.6. The first-order valence-electron chi connectivity index (χ1n) is 4.90. The zero-order valence-electron chi connectivity index (χ0n) is 8.72. The Balaban J connectivity index is 2.42. The zero-order chi connectivity index (χ0) is 11.8. The van der Waals surface area contributed by atoms with E-state index in [1.807, 2.05) is 30.3 Å². The van der Waals surface area contributed by atoms with Gasteiger partial charge in [0.1, 0.15) is 6.04 Å². The SMILES string of the molecule is O=CN[C@@H](CS)C(=O)NCc1ccccc1. The van der Waals surface area contributed by atoms with E-state index >= 15 is 0 Å². The molecule has 0 aliphatic rings. The average Bonchev–Trinajstić information content (AvgIpc) is 2.34. The highest BCUT2D eigenvalue weighted by molar-refractivity contribution is 7.80. The molecule has 0 saturated carbocycles. The van der Waals surface area contributed by atoms with Gasteiger partial charge in [0, 0.05) is 12.3 Å². The number of carbonyl (C=O) groups is 2. The Kier molecular flexibility index (Phi) is 5.42. The van der Waals surface area contributed by atoms with Crippen molar-refractivity contribution in [2.75, 3.05) is 5.75 Å². The van der Waals surface area contributed by atoms with Crippen LogP contribution in [0.2, 0.25) is 0 Å². The normalized spacial score (nSPS) is 11.6. The third kappa shape index (κ3) is 3.94. The van der Waals surface area contributed by atoms with Crippen molar-refractivity contribution >= 4 is 24.9 Å². The molecule has 1 rings (SSSR count). The lowest BCUT2D eigenvalue weighted by molar-refractivity contribution is -0.124. The second-order valence-electron chi connectivity index (χ2n) is 3.22. The lowest BCUT2D eigenvalue weighted by Gasteiger charge is -2.13. The molecule has 5 heteroatoms. The van der Waals surface area contributed by atoms with Crippen LogP contribution < -0.4 is 10.6 Å². The molecule has 0 spiro atoms. The Bertz CT molecular complexity index is 343. The average molecular weight is 238 g/mol. The van der Waals surface area contributed by atoms with Crippen LogP contribution in [-0.2, 0) is 16.1 Å². The Morgan fingerprint density at radius 2 is 2.06 bits per heavy atom. The van der Waals surface area contributed by atoms with Crippen LogP contribution in [0.15, 0.2) is 30.3 Å². The summed E-state index contributed by atoms with van der Waals surface area (Å²) in [7, 11) is 0. The molecule has 0 unspecified atom stereocenters. The molecule has 0 aliphatic heterocycles. The van der Waals surface area contributed by atoms with Crippen molar-refractivity contribution in [1.82, 2.24) is 10.6 Å². The highest BCUT2D eigenvalue weighted by Gasteiger charge is 2.14. The van der Waals surface area contributed by atoms with Gasteiger partial charge >= 0.3 is 0 Å². The minimum atomic E-state index is -0.579. The monoisotopic (exact) mass is 238 g/mol.